The Labute approximate surface area is 120 Å². The largest absolute Gasteiger partial charge is 0.480 e. The number of nitro benzene ring substituents is 1. The summed E-state index contributed by atoms with van der Waals surface area (Å²) < 4.78 is 0. The van der Waals surface area contributed by atoms with Crippen molar-refractivity contribution >= 4 is 17.7 Å². The summed E-state index contributed by atoms with van der Waals surface area (Å²) in [5, 5.41) is 21.9. The van der Waals surface area contributed by atoms with E-state index in [1.165, 1.54) is 17.0 Å². The molecule has 112 valence electrons. The summed E-state index contributed by atoms with van der Waals surface area (Å²) in [5.41, 5.74) is 0.690. The zero-order valence-electron chi connectivity index (χ0n) is 11.2. The number of amides is 2. The summed E-state index contributed by atoms with van der Waals surface area (Å²) in [6.07, 6.45) is 1.64. The van der Waals surface area contributed by atoms with Gasteiger partial charge in [-0.2, -0.15) is 0 Å². The summed E-state index contributed by atoms with van der Waals surface area (Å²) in [5.74, 6) is -1.05. The fourth-order valence-electron chi connectivity index (χ4n) is 1.91. The van der Waals surface area contributed by atoms with Gasteiger partial charge in [-0.05, 0) is 18.4 Å². The lowest BCUT2D eigenvalue weighted by Crippen LogP contribution is -2.43. The standard InChI is InChI=1S/C13H15N3O5/c17-12(18)8-15(10-5-6-10)13(19)14-7-9-1-3-11(4-2-9)16(20)21/h1-4,10H,5-8H2,(H,14,19)(H,17,18). The summed E-state index contributed by atoms with van der Waals surface area (Å²) in [6.45, 7) is -0.129. The Balaban J connectivity index is 1.90. The maximum atomic E-state index is 12.0. The van der Waals surface area contributed by atoms with Gasteiger partial charge in [0.1, 0.15) is 6.54 Å². The highest BCUT2D eigenvalue weighted by atomic mass is 16.6. The van der Waals surface area contributed by atoms with Crippen molar-refractivity contribution in [2.45, 2.75) is 25.4 Å². The van der Waals surface area contributed by atoms with Crippen LogP contribution in [0.25, 0.3) is 0 Å². The molecular weight excluding hydrogens is 278 g/mol. The molecule has 0 unspecified atom stereocenters. The van der Waals surface area contributed by atoms with Crippen molar-refractivity contribution in [1.29, 1.82) is 0 Å². The predicted octanol–water partition coefficient (Wildman–Crippen LogP) is 1.35. The van der Waals surface area contributed by atoms with Crippen LogP contribution in [-0.4, -0.2) is 39.5 Å². The second-order valence-corrected chi connectivity index (χ2v) is 4.84. The summed E-state index contributed by atoms with van der Waals surface area (Å²) >= 11 is 0. The number of carboxylic acids is 1. The average molecular weight is 293 g/mol. The topological polar surface area (TPSA) is 113 Å². The third-order valence-electron chi connectivity index (χ3n) is 3.15. The van der Waals surface area contributed by atoms with Gasteiger partial charge in [-0.25, -0.2) is 4.79 Å². The molecular formula is C13H15N3O5. The number of rotatable bonds is 6. The van der Waals surface area contributed by atoms with E-state index in [-0.39, 0.29) is 24.8 Å². The van der Waals surface area contributed by atoms with Crippen molar-refractivity contribution < 1.29 is 19.6 Å². The minimum absolute atomic E-state index is 0.00189. The van der Waals surface area contributed by atoms with E-state index in [1.807, 2.05) is 0 Å². The Hall–Kier alpha value is -2.64. The molecule has 2 rings (SSSR count). The van der Waals surface area contributed by atoms with Crippen LogP contribution in [0.4, 0.5) is 10.5 Å². The second-order valence-electron chi connectivity index (χ2n) is 4.84. The molecule has 1 fully saturated rings. The first-order valence-electron chi connectivity index (χ1n) is 6.47. The molecule has 2 N–H and O–H groups in total. The lowest BCUT2D eigenvalue weighted by molar-refractivity contribution is -0.384. The van der Waals surface area contributed by atoms with E-state index < -0.39 is 16.9 Å². The number of urea groups is 1. The Morgan fingerprint density at radius 3 is 2.43 bits per heavy atom. The normalized spacial score (nSPS) is 13.5. The van der Waals surface area contributed by atoms with Crippen molar-refractivity contribution in [2.24, 2.45) is 0 Å². The molecule has 0 aromatic heterocycles. The van der Waals surface area contributed by atoms with E-state index in [0.717, 1.165) is 12.8 Å². The molecule has 0 atom stereocenters. The first kappa shape index (κ1) is 14.8. The van der Waals surface area contributed by atoms with Gasteiger partial charge < -0.3 is 15.3 Å². The number of hydrogen-bond donors (Lipinski definition) is 2. The van der Waals surface area contributed by atoms with Crippen LogP contribution in [0.15, 0.2) is 24.3 Å². The number of non-ortho nitro benzene ring substituents is 1. The molecule has 1 aromatic rings. The molecule has 1 saturated carbocycles. The van der Waals surface area contributed by atoms with Gasteiger partial charge in [-0.15, -0.1) is 0 Å². The van der Waals surface area contributed by atoms with Crippen LogP contribution in [0, 0.1) is 10.1 Å². The highest BCUT2D eigenvalue weighted by Gasteiger charge is 2.33. The molecule has 0 radical (unpaired) electrons. The number of nitrogens with one attached hydrogen (secondary N) is 1. The fourth-order valence-corrected chi connectivity index (χ4v) is 1.91. The molecule has 0 heterocycles. The average Bonchev–Trinajstić information content (AvgIpc) is 3.27. The van der Waals surface area contributed by atoms with Gasteiger partial charge in [0, 0.05) is 24.7 Å². The van der Waals surface area contributed by atoms with E-state index >= 15 is 0 Å². The maximum Gasteiger partial charge on any atom is 0.323 e. The van der Waals surface area contributed by atoms with Crippen LogP contribution in [-0.2, 0) is 11.3 Å². The Bertz CT molecular complexity index is 553. The molecule has 21 heavy (non-hydrogen) atoms. The van der Waals surface area contributed by atoms with E-state index in [4.69, 9.17) is 5.11 Å². The van der Waals surface area contributed by atoms with Crippen molar-refractivity contribution in [3.8, 4) is 0 Å². The molecule has 1 aliphatic carbocycles. The Morgan fingerprint density at radius 2 is 1.95 bits per heavy atom. The number of benzene rings is 1. The van der Waals surface area contributed by atoms with Crippen LogP contribution in [0.2, 0.25) is 0 Å². The smallest absolute Gasteiger partial charge is 0.323 e. The van der Waals surface area contributed by atoms with Crippen LogP contribution in [0.5, 0.6) is 0 Å². The van der Waals surface area contributed by atoms with E-state index in [2.05, 4.69) is 5.32 Å². The van der Waals surface area contributed by atoms with Gasteiger partial charge in [0.25, 0.3) is 5.69 Å². The molecule has 0 aliphatic heterocycles. The van der Waals surface area contributed by atoms with Crippen molar-refractivity contribution in [2.75, 3.05) is 6.54 Å². The van der Waals surface area contributed by atoms with Gasteiger partial charge in [0.15, 0.2) is 0 Å². The fraction of sp³-hybridized carbons (Fsp3) is 0.385. The lowest BCUT2D eigenvalue weighted by atomic mass is 10.2. The number of nitro groups is 1. The minimum Gasteiger partial charge on any atom is -0.480 e. The summed E-state index contributed by atoms with van der Waals surface area (Å²) in [7, 11) is 0. The number of carbonyl (C=O) groups excluding carboxylic acids is 1. The predicted molar refractivity (Wildman–Crippen MR) is 72.7 cm³/mol. The molecule has 1 aliphatic rings. The SMILES string of the molecule is O=C(O)CN(C(=O)NCc1ccc([N+](=O)[O-])cc1)C1CC1. The minimum atomic E-state index is -1.05. The van der Waals surface area contributed by atoms with Crippen molar-refractivity contribution in [3.05, 3.63) is 39.9 Å². The summed E-state index contributed by atoms with van der Waals surface area (Å²) in [6, 6.07) is 5.39. The zero-order chi connectivity index (χ0) is 15.4. The van der Waals surface area contributed by atoms with Gasteiger partial charge in [-0.3, -0.25) is 14.9 Å². The van der Waals surface area contributed by atoms with Gasteiger partial charge in [0.05, 0.1) is 4.92 Å². The van der Waals surface area contributed by atoms with Crippen LogP contribution >= 0.6 is 0 Å². The number of hydrogen-bond acceptors (Lipinski definition) is 4. The highest BCUT2D eigenvalue weighted by molar-refractivity contribution is 5.80. The van der Waals surface area contributed by atoms with Crippen LogP contribution in [0.1, 0.15) is 18.4 Å². The monoisotopic (exact) mass is 293 g/mol. The zero-order valence-corrected chi connectivity index (χ0v) is 11.2. The lowest BCUT2D eigenvalue weighted by Gasteiger charge is -2.20. The number of carboxylic acid groups (broad SMARTS) is 1. The molecule has 2 amide bonds. The van der Waals surface area contributed by atoms with Crippen LogP contribution in [0.3, 0.4) is 0 Å². The highest BCUT2D eigenvalue weighted by Crippen LogP contribution is 2.26. The van der Waals surface area contributed by atoms with Crippen LogP contribution < -0.4 is 5.32 Å². The van der Waals surface area contributed by atoms with E-state index in [1.54, 1.807) is 12.1 Å². The van der Waals surface area contributed by atoms with E-state index in [0.29, 0.717) is 5.56 Å². The van der Waals surface area contributed by atoms with Gasteiger partial charge in [-0.1, -0.05) is 12.1 Å². The molecule has 0 spiro atoms. The second kappa shape index (κ2) is 6.21. The molecule has 0 bridgehead atoms. The third kappa shape index (κ3) is 4.16. The molecule has 1 aromatic carbocycles. The first-order chi connectivity index (χ1) is 9.97. The quantitative estimate of drug-likeness (QED) is 0.607. The first-order valence-corrected chi connectivity index (χ1v) is 6.47. The Kier molecular flexibility index (Phi) is 4.36. The molecule has 8 nitrogen and oxygen atoms in total. The molecule has 8 heteroatoms. The third-order valence-corrected chi connectivity index (χ3v) is 3.15. The number of nitrogens with zero attached hydrogens (tertiary/aromatic N) is 2. The van der Waals surface area contributed by atoms with Crippen molar-refractivity contribution in [1.82, 2.24) is 10.2 Å². The number of carbonyl (C=O) groups is 2. The van der Waals surface area contributed by atoms with Gasteiger partial charge in [0.2, 0.25) is 0 Å². The van der Waals surface area contributed by atoms with E-state index in [9.17, 15) is 19.7 Å². The molecule has 0 saturated heterocycles. The number of aliphatic carboxylic acids is 1. The Morgan fingerprint density at radius 1 is 1.33 bits per heavy atom. The summed E-state index contributed by atoms with van der Waals surface area (Å²) in [4.78, 5) is 34.0. The maximum absolute atomic E-state index is 12.0. The van der Waals surface area contributed by atoms with Crippen molar-refractivity contribution in [3.63, 3.8) is 0 Å². The van der Waals surface area contributed by atoms with Gasteiger partial charge >= 0.3 is 12.0 Å².